The SMILES string of the molecule is Cc1cc(C)c(C2C(C#N)=C(N)N(c3ccc(Cl)cc3C(F)(F)F)C3=C2C(=O)CC(C)(C)C3)cc1COc1ccc(F)cc1Cl. The fourth-order valence-electron chi connectivity index (χ4n) is 6.16. The summed E-state index contributed by atoms with van der Waals surface area (Å²) >= 11 is 12.1. The Morgan fingerprint density at radius 1 is 1.07 bits per heavy atom. The van der Waals surface area contributed by atoms with Crippen molar-refractivity contribution in [3.8, 4) is 11.8 Å². The molecule has 1 aliphatic heterocycles. The average Bonchev–Trinajstić information content (AvgIpc) is 2.92. The summed E-state index contributed by atoms with van der Waals surface area (Å²) in [5.41, 5.74) is 8.06. The number of carbonyl (C=O) groups excluding carboxylic acids is 1. The number of ketones is 1. The lowest BCUT2D eigenvalue weighted by atomic mass is 9.68. The molecule has 0 saturated carbocycles. The van der Waals surface area contributed by atoms with Crippen LogP contribution in [-0.2, 0) is 17.6 Å². The quantitative estimate of drug-likeness (QED) is 0.277. The van der Waals surface area contributed by atoms with Crippen LogP contribution in [0.3, 0.4) is 0 Å². The van der Waals surface area contributed by atoms with Crippen LogP contribution < -0.4 is 15.4 Å². The Balaban J connectivity index is 1.70. The molecule has 234 valence electrons. The molecule has 0 aromatic heterocycles. The smallest absolute Gasteiger partial charge is 0.418 e. The molecular weight excluding hydrogens is 629 g/mol. The van der Waals surface area contributed by atoms with E-state index in [-0.39, 0.29) is 63.7 Å². The van der Waals surface area contributed by atoms with E-state index in [1.54, 1.807) is 0 Å². The standard InChI is InChI=1S/C34H29Cl2F4N3O2/c1-17-9-18(2)22(10-19(17)16-45-29-8-6-21(37)12-25(29)36)30-23(15-41)32(42)43(27-13-33(3,4)14-28(44)31(27)30)26-7-5-20(35)11-24(26)34(38,39)40/h5-12,30H,13-14,16,42H2,1-4H3. The second-order valence-corrected chi connectivity index (χ2v) is 13.0. The third-order valence-electron chi connectivity index (χ3n) is 8.20. The predicted octanol–water partition coefficient (Wildman–Crippen LogP) is 9.29. The minimum Gasteiger partial charge on any atom is -0.487 e. The maximum absolute atomic E-state index is 14.3. The highest BCUT2D eigenvalue weighted by Crippen LogP contribution is 2.52. The minimum absolute atomic E-state index is 0.0387. The highest BCUT2D eigenvalue weighted by molar-refractivity contribution is 6.32. The van der Waals surface area contributed by atoms with Crippen LogP contribution in [-0.4, -0.2) is 5.78 Å². The highest BCUT2D eigenvalue weighted by Gasteiger charge is 2.47. The highest BCUT2D eigenvalue weighted by atomic mass is 35.5. The Morgan fingerprint density at radius 3 is 2.42 bits per heavy atom. The van der Waals surface area contributed by atoms with E-state index in [0.717, 1.165) is 23.3 Å². The maximum atomic E-state index is 14.3. The molecule has 2 aliphatic rings. The number of hydrogen-bond donors (Lipinski definition) is 1. The Bertz CT molecular complexity index is 1840. The van der Waals surface area contributed by atoms with E-state index in [0.29, 0.717) is 16.8 Å². The number of ether oxygens (including phenoxy) is 1. The van der Waals surface area contributed by atoms with Gasteiger partial charge in [-0.15, -0.1) is 0 Å². The molecule has 3 aromatic rings. The van der Waals surface area contributed by atoms with Gasteiger partial charge in [0.2, 0.25) is 0 Å². The zero-order chi connectivity index (χ0) is 33.0. The number of allylic oxidation sites excluding steroid dienone is 3. The van der Waals surface area contributed by atoms with Crippen molar-refractivity contribution in [3.63, 3.8) is 0 Å². The van der Waals surface area contributed by atoms with E-state index in [2.05, 4.69) is 6.07 Å². The molecule has 0 spiro atoms. The van der Waals surface area contributed by atoms with Gasteiger partial charge in [0.05, 0.1) is 33.8 Å². The molecular formula is C34H29Cl2F4N3O2. The molecule has 0 amide bonds. The predicted molar refractivity (Wildman–Crippen MR) is 165 cm³/mol. The largest absolute Gasteiger partial charge is 0.487 e. The lowest BCUT2D eigenvalue weighted by Crippen LogP contribution is -2.42. The van der Waals surface area contributed by atoms with Crippen LogP contribution in [0.25, 0.3) is 0 Å². The molecule has 5 rings (SSSR count). The fraction of sp³-hybridized carbons (Fsp3) is 0.294. The molecule has 0 fully saturated rings. The minimum atomic E-state index is -4.80. The summed E-state index contributed by atoms with van der Waals surface area (Å²) < 4.78 is 62.4. The second-order valence-electron chi connectivity index (χ2n) is 12.1. The van der Waals surface area contributed by atoms with Crippen molar-refractivity contribution in [2.75, 3.05) is 4.90 Å². The van der Waals surface area contributed by atoms with Crippen LogP contribution in [0, 0.1) is 36.4 Å². The van der Waals surface area contributed by atoms with Crippen molar-refractivity contribution in [3.05, 3.63) is 115 Å². The molecule has 45 heavy (non-hydrogen) atoms. The van der Waals surface area contributed by atoms with Crippen molar-refractivity contribution >= 4 is 34.7 Å². The number of nitrogens with zero attached hydrogens (tertiary/aromatic N) is 2. The van der Waals surface area contributed by atoms with Crippen molar-refractivity contribution in [2.24, 2.45) is 11.1 Å². The van der Waals surface area contributed by atoms with Gasteiger partial charge in [-0.3, -0.25) is 9.69 Å². The van der Waals surface area contributed by atoms with Crippen LogP contribution in [0.15, 0.2) is 71.2 Å². The summed E-state index contributed by atoms with van der Waals surface area (Å²) in [6.07, 6.45) is -4.44. The fourth-order valence-corrected chi connectivity index (χ4v) is 6.55. The number of Topliss-reactive ketones (excluding diaryl/α,β-unsaturated/α-hetero) is 1. The van der Waals surface area contributed by atoms with Gasteiger partial charge < -0.3 is 10.5 Å². The first-order valence-electron chi connectivity index (χ1n) is 14.0. The number of nitriles is 1. The number of nitrogens with two attached hydrogens (primary N) is 1. The Kier molecular flexibility index (Phi) is 8.45. The van der Waals surface area contributed by atoms with Gasteiger partial charge >= 0.3 is 6.18 Å². The van der Waals surface area contributed by atoms with Crippen LogP contribution in [0.5, 0.6) is 5.75 Å². The molecule has 0 saturated heterocycles. The van der Waals surface area contributed by atoms with Crippen LogP contribution in [0.4, 0.5) is 23.2 Å². The Hall–Kier alpha value is -4.00. The molecule has 1 aliphatic carbocycles. The first-order valence-corrected chi connectivity index (χ1v) is 14.8. The van der Waals surface area contributed by atoms with Gasteiger partial charge in [0.1, 0.15) is 24.0 Å². The topological polar surface area (TPSA) is 79.4 Å². The number of carbonyl (C=O) groups is 1. The lowest BCUT2D eigenvalue weighted by molar-refractivity contribution is -0.137. The lowest BCUT2D eigenvalue weighted by Gasteiger charge is -2.44. The molecule has 11 heteroatoms. The molecule has 0 radical (unpaired) electrons. The third-order valence-corrected chi connectivity index (χ3v) is 8.73. The van der Waals surface area contributed by atoms with Crippen molar-refractivity contribution in [1.29, 1.82) is 5.26 Å². The monoisotopic (exact) mass is 657 g/mol. The van der Waals surface area contributed by atoms with E-state index < -0.39 is 28.9 Å². The summed E-state index contributed by atoms with van der Waals surface area (Å²) in [7, 11) is 0. The molecule has 0 bridgehead atoms. The summed E-state index contributed by atoms with van der Waals surface area (Å²) in [5.74, 6) is -1.65. The molecule has 2 N–H and O–H groups in total. The van der Waals surface area contributed by atoms with E-state index in [9.17, 15) is 27.6 Å². The van der Waals surface area contributed by atoms with E-state index in [4.69, 9.17) is 33.7 Å². The Morgan fingerprint density at radius 2 is 1.78 bits per heavy atom. The third kappa shape index (κ3) is 6.14. The normalized spacial score (nSPS) is 18.2. The number of benzene rings is 3. The Labute approximate surface area is 268 Å². The first kappa shape index (κ1) is 32.4. The second kappa shape index (κ2) is 11.7. The summed E-state index contributed by atoms with van der Waals surface area (Å²) in [6.45, 7) is 7.47. The number of halogens is 6. The van der Waals surface area contributed by atoms with Gasteiger partial charge in [-0.1, -0.05) is 49.2 Å². The first-order chi connectivity index (χ1) is 21.0. The van der Waals surface area contributed by atoms with Crippen LogP contribution in [0.2, 0.25) is 10.0 Å². The zero-order valence-corrected chi connectivity index (χ0v) is 26.4. The van der Waals surface area contributed by atoms with Gasteiger partial charge in [0.25, 0.3) is 0 Å². The zero-order valence-electron chi connectivity index (χ0n) is 24.9. The summed E-state index contributed by atoms with van der Waals surface area (Å²) in [4.78, 5) is 15.2. The number of aryl methyl sites for hydroxylation is 2. The van der Waals surface area contributed by atoms with Crippen molar-refractivity contribution in [1.82, 2.24) is 0 Å². The molecule has 1 heterocycles. The molecule has 1 atom stereocenters. The average molecular weight is 659 g/mol. The van der Waals surface area contributed by atoms with Crippen molar-refractivity contribution < 1.29 is 27.1 Å². The number of rotatable bonds is 5. The number of hydrogen-bond acceptors (Lipinski definition) is 5. The van der Waals surface area contributed by atoms with E-state index >= 15 is 0 Å². The van der Waals surface area contributed by atoms with Gasteiger partial charge in [0, 0.05) is 22.7 Å². The number of anilines is 1. The van der Waals surface area contributed by atoms with Gasteiger partial charge in [-0.2, -0.15) is 18.4 Å². The van der Waals surface area contributed by atoms with Gasteiger partial charge in [-0.05, 0) is 84.3 Å². The molecule has 1 unspecified atom stereocenters. The van der Waals surface area contributed by atoms with Gasteiger partial charge in [0.15, 0.2) is 5.78 Å². The number of alkyl halides is 3. The van der Waals surface area contributed by atoms with Crippen molar-refractivity contribution in [2.45, 2.75) is 59.2 Å². The van der Waals surface area contributed by atoms with E-state index in [1.165, 1.54) is 29.2 Å². The van der Waals surface area contributed by atoms with Crippen LogP contribution >= 0.6 is 23.2 Å². The summed E-state index contributed by atoms with van der Waals surface area (Å²) in [6, 6.07) is 12.9. The van der Waals surface area contributed by atoms with Crippen LogP contribution in [0.1, 0.15) is 60.4 Å². The van der Waals surface area contributed by atoms with E-state index in [1.807, 2.05) is 39.8 Å². The maximum Gasteiger partial charge on any atom is 0.418 e. The molecule has 5 nitrogen and oxygen atoms in total. The summed E-state index contributed by atoms with van der Waals surface area (Å²) in [5, 5.41) is 10.4. The van der Waals surface area contributed by atoms with Gasteiger partial charge in [-0.25, -0.2) is 4.39 Å². The molecule has 3 aromatic carbocycles.